The van der Waals surface area contributed by atoms with E-state index >= 15 is 0 Å². The van der Waals surface area contributed by atoms with Gasteiger partial charge in [0.15, 0.2) is 0 Å². The van der Waals surface area contributed by atoms with Gasteiger partial charge in [-0.3, -0.25) is 14.5 Å². The summed E-state index contributed by atoms with van der Waals surface area (Å²) in [4.78, 5) is 28.9. The summed E-state index contributed by atoms with van der Waals surface area (Å²) in [5.74, 6) is 1.00. The van der Waals surface area contributed by atoms with Gasteiger partial charge in [0, 0.05) is 37.8 Å². The third kappa shape index (κ3) is 5.05. The fraction of sp³-hybridized carbons (Fsp3) is 0.600. The molecule has 1 aromatic rings. The van der Waals surface area contributed by atoms with Gasteiger partial charge in [-0.2, -0.15) is 0 Å². The molecule has 136 valence electrons. The standard InChI is InChI=1S/C20H29N3O2/c1-16-7-13-23(14-8-16)19(24)15-22-11-9-18(10-12-22)21-20(25)17-5-3-2-4-6-17/h2-6,16,18H,7-15H2,1H3,(H,21,25). The lowest BCUT2D eigenvalue weighted by atomic mass is 9.99. The molecule has 0 radical (unpaired) electrons. The number of benzene rings is 1. The normalized spacial score (nSPS) is 20.4. The van der Waals surface area contributed by atoms with Crippen molar-refractivity contribution < 1.29 is 9.59 Å². The number of nitrogens with one attached hydrogen (secondary N) is 1. The van der Waals surface area contributed by atoms with Gasteiger partial charge in [0.05, 0.1) is 6.54 Å². The van der Waals surface area contributed by atoms with E-state index in [1.165, 1.54) is 0 Å². The smallest absolute Gasteiger partial charge is 0.251 e. The molecule has 0 spiro atoms. The highest BCUT2D eigenvalue weighted by atomic mass is 16.2. The topological polar surface area (TPSA) is 52.7 Å². The second kappa shape index (κ2) is 8.48. The SMILES string of the molecule is CC1CCN(C(=O)CN2CCC(NC(=O)c3ccccc3)CC2)CC1. The van der Waals surface area contributed by atoms with Crippen LogP contribution in [0, 0.1) is 5.92 Å². The lowest BCUT2D eigenvalue weighted by Crippen LogP contribution is -2.49. The van der Waals surface area contributed by atoms with Gasteiger partial charge in [-0.1, -0.05) is 25.1 Å². The fourth-order valence-electron chi connectivity index (χ4n) is 3.64. The minimum Gasteiger partial charge on any atom is -0.349 e. The van der Waals surface area contributed by atoms with Crippen LogP contribution < -0.4 is 5.32 Å². The van der Waals surface area contributed by atoms with E-state index in [0.29, 0.717) is 12.1 Å². The van der Waals surface area contributed by atoms with Crippen molar-refractivity contribution in [2.24, 2.45) is 5.92 Å². The van der Waals surface area contributed by atoms with Gasteiger partial charge in [-0.25, -0.2) is 0 Å². The Hall–Kier alpha value is -1.88. The minimum atomic E-state index is -0.00226. The number of piperidine rings is 2. The second-order valence-electron chi connectivity index (χ2n) is 7.45. The molecular weight excluding hydrogens is 314 g/mol. The van der Waals surface area contributed by atoms with Gasteiger partial charge in [-0.15, -0.1) is 0 Å². The number of likely N-dealkylation sites (tertiary alicyclic amines) is 2. The van der Waals surface area contributed by atoms with Crippen LogP contribution in [0.3, 0.4) is 0 Å². The van der Waals surface area contributed by atoms with Crippen LogP contribution in [0.4, 0.5) is 0 Å². The van der Waals surface area contributed by atoms with Crippen molar-refractivity contribution >= 4 is 11.8 Å². The van der Waals surface area contributed by atoms with Crippen molar-refractivity contribution in [1.29, 1.82) is 0 Å². The average Bonchev–Trinajstić information content (AvgIpc) is 2.64. The summed E-state index contributed by atoms with van der Waals surface area (Å²) in [5.41, 5.74) is 0.708. The molecule has 25 heavy (non-hydrogen) atoms. The van der Waals surface area contributed by atoms with Crippen LogP contribution in [0.1, 0.15) is 43.0 Å². The van der Waals surface area contributed by atoms with Crippen LogP contribution >= 0.6 is 0 Å². The van der Waals surface area contributed by atoms with Gasteiger partial charge < -0.3 is 10.2 Å². The first kappa shape index (κ1) is 17.9. The zero-order valence-electron chi connectivity index (χ0n) is 15.1. The number of carbonyl (C=O) groups is 2. The third-order valence-corrected chi connectivity index (χ3v) is 5.45. The second-order valence-corrected chi connectivity index (χ2v) is 7.45. The van der Waals surface area contributed by atoms with E-state index in [9.17, 15) is 9.59 Å². The van der Waals surface area contributed by atoms with Gasteiger partial charge in [0.2, 0.25) is 5.91 Å². The van der Waals surface area contributed by atoms with Crippen molar-refractivity contribution in [3.8, 4) is 0 Å². The molecule has 0 unspecified atom stereocenters. The Bertz CT molecular complexity index is 574. The van der Waals surface area contributed by atoms with Gasteiger partial charge in [-0.05, 0) is 43.7 Å². The van der Waals surface area contributed by atoms with Crippen molar-refractivity contribution in [2.75, 3.05) is 32.7 Å². The minimum absolute atomic E-state index is 0.00226. The third-order valence-electron chi connectivity index (χ3n) is 5.45. The zero-order valence-corrected chi connectivity index (χ0v) is 15.1. The molecule has 0 atom stereocenters. The maximum absolute atomic E-state index is 12.4. The highest BCUT2D eigenvalue weighted by Gasteiger charge is 2.25. The van der Waals surface area contributed by atoms with Gasteiger partial charge >= 0.3 is 0 Å². The molecular formula is C20H29N3O2. The van der Waals surface area contributed by atoms with E-state index in [4.69, 9.17) is 0 Å². The molecule has 2 amide bonds. The summed E-state index contributed by atoms with van der Waals surface area (Å²) in [6.45, 7) is 6.34. The predicted octanol–water partition coefficient (Wildman–Crippen LogP) is 2.14. The van der Waals surface area contributed by atoms with Crippen LogP contribution in [-0.4, -0.2) is 60.4 Å². The lowest BCUT2D eigenvalue weighted by molar-refractivity contribution is -0.134. The van der Waals surface area contributed by atoms with Crippen molar-refractivity contribution in [3.63, 3.8) is 0 Å². The van der Waals surface area contributed by atoms with Crippen LogP contribution in [0.15, 0.2) is 30.3 Å². The first-order valence-corrected chi connectivity index (χ1v) is 9.48. The summed E-state index contributed by atoms with van der Waals surface area (Å²) in [5, 5.41) is 3.12. The van der Waals surface area contributed by atoms with E-state index in [1.807, 2.05) is 35.2 Å². The first-order valence-electron chi connectivity index (χ1n) is 9.48. The Balaban J connectivity index is 1.40. The molecule has 0 aliphatic carbocycles. The highest BCUT2D eigenvalue weighted by molar-refractivity contribution is 5.94. The molecule has 1 N–H and O–H groups in total. The van der Waals surface area contributed by atoms with Crippen molar-refractivity contribution in [3.05, 3.63) is 35.9 Å². The van der Waals surface area contributed by atoms with E-state index in [1.54, 1.807) is 0 Å². The van der Waals surface area contributed by atoms with E-state index in [-0.39, 0.29) is 17.9 Å². The summed E-state index contributed by atoms with van der Waals surface area (Å²) in [6.07, 6.45) is 4.06. The number of nitrogens with zero attached hydrogens (tertiary/aromatic N) is 2. The number of hydrogen-bond acceptors (Lipinski definition) is 3. The summed E-state index contributed by atoms with van der Waals surface area (Å²) in [6, 6.07) is 9.55. The molecule has 0 bridgehead atoms. The first-order chi connectivity index (χ1) is 12.1. The largest absolute Gasteiger partial charge is 0.349 e. The Morgan fingerprint density at radius 3 is 2.28 bits per heavy atom. The quantitative estimate of drug-likeness (QED) is 0.911. The Kier molecular flexibility index (Phi) is 6.08. The Morgan fingerprint density at radius 1 is 1.00 bits per heavy atom. The number of carbonyl (C=O) groups excluding carboxylic acids is 2. The average molecular weight is 343 g/mol. The monoisotopic (exact) mass is 343 g/mol. The van der Waals surface area contributed by atoms with Crippen LogP contribution in [0.25, 0.3) is 0 Å². The van der Waals surface area contributed by atoms with E-state index in [2.05, 4.69) is 17.1 Å². The van der Waals surface area contributed by atoms with Crippen molar-refractivity contribution in [2.45, 2.75) is 38.6 Å². The van der Waals surface area contributed by atoms with Crippen molar-refractivity contribution in [1.82, 2.24) is 15.1 Å². The molecule has 2 aliphatic heterocycles. The number of amides is 2. The molecule has 5 nitrogen and oxygen atoms in total. The number of rotatable bonds is 4. The molecule has 0 saturated carbocycles. The van der Waals surface area contributed by atoms with E-state index in [0.717, 1.165) is 57.8 Å². The summed E-state index contributed by atoms with van der Waals surface area (Å²) in [7, 11) is 0. The molecule has 0 aromatic heterocycles. The fourth-order valence-corrected chi connectivity index (χ4v) is 3.64. The molecule has 3 rings (SSSR count). The maximum Gasteiger partial charge on any atom is 0.251 e. The lowest BCUT2D eigenvalue weighted by Gasteiger charge is -2.35. The Morgan fingerprint density at radius 2 is 1.64 bits per heavy atom. The molecule has 2 fully saturated rings. The zero-order chi connectivity index (χ0) is 17.6. The van der Waals surface area contributed by atoms with E-state index < -0.39 is 0 Å². The highest BCUT2D eigenvalue weighted by Crippen LogP contribution is 2.17. The van der Waals surface area contributed by atoms with Gasteiger partial charge in [0.25, 0.3) is 5.91 Å². The van der Waals surface area contributed by atoms with Crippen LogP contribution in [0.2, 0.25) is 0 Å². The summed E-state index contributed by atoms with van der Waals surface area (Å²) < 4.78 is 0. The van der Waals surface area contributed by atoms with Gasteiger partial charge in [0.1, 0.15) is 0 Å². The Labute approximate surface area is 150 Å². The molecule has 2 aliphatic rings. The maximum atomic E-state index is 12.4. The molecule has 1 aromatic carbocycles. The molecule has 2 saturated heterocycles. The van der Waals surface area contributed by atoms with Crippen LogP contribution in [0.5, 0.6) is 0 Å². The summed E-state index contributed by atoms with van der Waals surface area (Å²) >= 11 is 0. The molecule has 2 heterocycles. The number of hydrogen-bond donors (Lipinski definition) is 1. The predicted molar refractivity (Wildman–Crippen MR) is 98.3 cm³/mol. The van der Waals surface area contributed by atoms with Crippen LogP contribution in [-0.2, 0) is 4.79 Å². The molecule has 5 heteroatoms.